The molecule has 1 aromatic carbocycles. The third kappa shape index (κ3) is 1.86. The van der Waals surface area contributed by atoms with E-state index in [0.29, 0.717) is 5.39 Å². The summed E-state index contributed by atoms with van der Waals surface area (Å²) in [6.45, 7) is 0. The van der Waals surface area contributed by atoms with Gasteiger partial charge in [0.2, 0.25) is 0 Å². The quantitative estimate of drug-likeness (QED) is 0.729. The van der Waals surface area contributed by atoms with Crippen molar-refractivity contribution in [2.45, 2.75) is 6.18 Å². The number of halogens is 3. The van der Waals surface area contributed by atoms with Crippen LogP contribution in [0.1, 0.15) is 5.69 Å². The average molecular weight is 213 g/mol. The molecule has 0 aliphatic heterocycles. The summed E-state index contributed by atoms with van der Waals surface area (Å²) in [7, 11) is 0. The Morgan fingerprint density at radius 3 is 2.47 bits per heavy atom. The highest BCUT2D eigenvalue weighted by Gasteiger charge is 2.32. The molecule has 2 nitrogen and oxygen atoms in total. The number of phenols is 1. The maximum absolute atomic E-state index is 12.3. The number of rotatable bonds is 0. The summed E-state index contributed by atoms with van der Waals surface area (Å²) in [4.78, 5) is 3.45. The van der Waals surface area contributed by atoms with Gasteiger partial charge in [-0.1, -0.05) is 6.07 Å². The number of hydrogen-bond acceptors (Lipinski definition) is 2. The molecule has 0 aliphatic carbocycles. The number of alkyl halides is 3. The van der Waals surface area contributed by atoms with Crippen molar-refractivity contribution in [3.8, 4) is 5.75 Å². The summed E-state index contributed by atoms with van der Waals surface area (Å²) in [6, 6.07) is 6.19. The Kier molecular flexibility index (Phi) is 2.03. The molecule has 0 unspecified atom stereocenters. The van der Waals surface area contributed by atoms with Gasteiger partial charge in [0, 0.05) is 5.39 Å². The predicted octanol–water partition coefficient (Wildman–Crippen LogP) is 2.96. The second-order valence-electron chi connectivity index (χ2n) is 3.07. The van der Waals surface area contributed by atoms with Crippen molar-refractivity contribution < 1.29 is 18.3 Å². The Hall–Kier alpha value is -1.78. The van der Waals surface area contributed by atoms with Gasteiger partial charge in [0.05, 0.1) is 5.52 Å². The van der Waals surface area contributed by atoms with Crippen LogP contribution in [0.4, 0.5) is 13.2 Å². The van der Waals surface area contributed by atoms with Crippen molar-refractivity contribution in [3.63, 3.8) is 0 Å². The lowest BCUT2D eigenvalue weighted by Gasteiger charge is -2.06. The van der Waals surface area contributed by atoms with Crippen LogP contribution in [-0.2, 0) is 6.18 Å². The minimum Gasteiger partial charge on any atom is -0.508 e. The molecule has 0 spiro atoms. The van der Waals surface area contributed by atoms with Crippen LogP contribution in [0.3, 0.4) is 0 Å². The number of aromatic nitrogens is 1. The third-order valence-electron chi connectivity index (χ3n) is 1.96. The Labute approximate surface area is 83.0 Å². The number of benzene rings is 1. The second kappa shape index (κ2) is 3.12. The fourth-order valence-corrected chi connectivity index (χ4v) is 1.27. The molecule has 0 fully saturated rings. The summed E-state index contributed by atoms with van der Waals surface area (Å²) in [5.74, 6) is 0.00376. The van der Waals surface area contributed by atoms with E-state index in [0.717, 1.165) is 6.07 Å². The Morgan fingerprint density at radius 2 is 1.80 bits per heavy atom. The molecule has 0 bridgehead atoms. The van der Waals surface area contributed by atoms with Crippen molar-refractivity contribution >= 4 is 10.9 Å². The predicted molar refractivity (Wildman–Crippen MR) is 48.4 cm³/mol. The van der Waals surface area contributed by atoms with E-state index in [-0.39, 0.29) is 11.3 Å². The van der Waals surface area contributed by atoms with Crippen molar-refractivity contribution in [2.75, 3.05) is 0 Å². The Morgan fingerprint density at radius 1 is 1.07 bits per heavy atom. The molecule has 0 aliphatic rings. The molecule has 0 radical (unpaired) electrons. The molecule has 15 heavy (non-hydrogen) atoms. The highest BCUT2D eigenvalue weighted by atomic mass is 19.4. The fraction of sp³-hybridized carbons (Fsp3) is 0.100. The SMILES string of the molecule is Oc1ccc2nc(C(F)(F)F)ccc2c1. The number of fused-ring (bicyclic) bond motifs is 1. The number of nitrogens with zero attached hydrogens (tertiary/aromatic N) is 1. The minimum absolute atomic E-state index is 0.00376. The molecule has 0 saturated heterocycles. The molecule has 1 N–H and O–H groups in total. The van der Waals surface area contributed by atoms with Gasteiger partial charge in [0.1, 0.15) is 11.4 Å². The van der Waals surface area contributed by atoms with Gasteiger partial charge in [-0.05, 0) is 24.3 Å². The highest BCUT2D eigenvalue weighted by Crippen LogP contribution is 2.29. The van der Waals surface area contributed by atoms with Crippen molar-refractivity contribution in [2.24, 2.45) is 0 Å². The largest absolute Gasteiger partial charge is 0.508 e. The van der Waals surface area contributed by atoms with Crippen LogP contribution < -0.4 is 0 Å². The molecule has 0 amide bonds. The van der Waals surface area contributed by atoms with Crippen LogP contribution in [0.5, 0.6) is 5.75 Å². The van der Waals surface area contributed by atoms with Gasteiger partial charge in [-0.25, -0.2) is 4.98 Å². The summed E-state index contributed by atoms with van der Waals surface area (Å²) in [5, 5.41) is 9.58. The molecule has 78 valence electrons. The average Bonchev–Trinajstić information content (AvgIpc) is 2.15. The molecule has 0 atom stereocenters. The van der Waals surface area contributed by atoms with E-state index in [2.05, 4.69) is 4.98 Å². The van der Waals surface area contributed by atoms with Gasteiger partial charge in [-0.3, -0.25) is 0 Å². The first-order chi connectivity index (χ1) is 6.97. The first-order valence-electron chi connectivity index (χ1n) is 4.14. The molecule has 2 aromatic rings. The third-order valence-corrected chi connectivity index (χ3v) is 1.96. The monoisotopic (exact) mass is 213 g/mol. The Bertz CT molecular complexity index is 507. The van der Waals surface area contributed by atoms with E-state index >= 15 is 0 Å². The van der Waals surface area contributed by atoms with E-state index in [4.69, 9.17) is 5.11 Å². The molecular weight excluding hydrogens is 207 g/mol. The number of aromatic hydroxyl groups is 1. The topological polar surface area (TPSA) is 33.1 Å². The first-order valence-corrected chi connectivity index (χ1v) is 4.14. The molecule has 1 aromatic heterocycles. The van der Waals surface area contributed by atoms with E-state index in [1.54, 1.807) is 0 Å². The van der Waals surface area contributed by atoms with Gasteiger partial charge < -0.3 is 5.11 Å². The first kappa shape index (κ1) is 9.76. The zero-order valence-electron chi connectivity index (χ0n) is 7.42. The maximum atomic E-state index is 12.3. The minimum atomic E-state index is -4.44. The number of hydrogen-bond donors (Lipinski definition) is 1. The van der Waals surface area contributed by atoms with Gasteiger partial charge >= 0.3 is 6.18 Å². The van der Waals surface area contributed by atoms with Gasteiger partial charge in [0.25, 0.3) is 0 Å². The van der Waals surface area contributed by atoms with Crippen LogP contribution in [0, 0.1) is 0 Å². The molecular formula is C10H6F3NO. The van der Waals surface area contributed by atoms with E-state index < -0.39 is 11.9 Å². The summed E-state index contributed by atoms with van der Waals surface area (Å²) in [5.41, 5.74) is -0.719. The lowest BCUT2D eigenvalue weighted by Crippen LogP contribution is -2.07. The number of phenolic OH excluding ortho intramolecular Hbond substituents is 1. The zero-order valence-corrected chi connectivity index (χ0v) is 7.42. The lowest BCUT2D eigenvalue weighted by molar-refractivity contribution is -0.140. The van der Waals surface area contributed by atoms with Crippen LogP contribution in [0.25, 0.3) is 10.9 Å². The molecule has 2 rings (SSSR count). The summed E-state index contributed by atoms with van der Waals surface area (Å²) in [6.07, 6.45) is -4.44. The van der Waals surface area contributed by atoms with Crippen LogP contribution in [0.15, 0.2) is 30.3 Å². The van der Waals surface area contributed by atoms with Crippen LogP contribution in [0.2, 0.25) is 0 Å². The van der Waals surface area contributed by atoms with Crippen molar-refractivity contribution in [3.05, 3.63) is 36.0 Å². The van der Waals surface area contributed by atoms with E-state index in [1.807, 2.05) is 0 Å². The lowest BCUT2D eigenvalue weighted by atomic mass is 10.2. The highest BCUT2D eigenvalue weighted by molar-refractivity contribution is 5.80. The van der Waals surface area contributed by atoms with Gasteiger partial charge in [0.15, 0.2) is 0 Å². The molecule has 0 saturated carbocycles. The van der Waals surface area contributed by atoms with Crippen molar-refractivity contribution in [1.29, 1.82) is 0 Å². The maximum Gasteiger partial charge on any atom is 0.433 e. The van der Waals surface area contributed by atoms with E-state index in [9.17, 15) is 13.2 Å². The Balaban J connectivity index is 2.62. The smallest absolute Gasteiger partial charge is 0.433 e. The van der Waals surface area contributed by atoms with Crippen LogP contribution >= 0.6 is 0 Å². The number of pyridine rings is 1. The van der Waals surface area contributed by atoms with Gasteiger partial charge in [-0.15, -0.1) is 0 Å². The molecule has 1 heterocycles. The van der Waals surface area contributed by atoms with Crippen LogP contribution in [-0.4, -0.2) is 10.1 Å². The normalized spacial score (nSPS) is 11.9. The van der Waals surface area contributed by atoms with Gasteiger partial charge in [-0.2, -0.15) is 13.2 Å². The summed E-state index contributed by atoms with van der Waals surface area (Å²) >= 11 is 0. The second-order valence-corrected chi connectivity index (χ2v) is 3.07. The zero-order chi connectivity index (χ0) is 11.1. The fourth-order valence-electron chi connectivity index (χ4n) is 1.27. The standard InChI is InChI=1S/C10H6F3NO/c11-10(12,13)9-4-1-6-5-7(15)2-3-8(6)14-9/h1-5,15H. The van der Waals surface area contributed by atoms with Crippen molar-refractivity contribution in [1.82, 2.24) is 4.98 Å². The van der Waals surface area contributed by atoms with E-state index in [1.165, 1.54) is 24.3 Å². The summed E-state index contributed by atoms with van der Waals surface area (Å²) < 4.78 is 36.8. The molecule has 5 heteroatoms.